The third-order valence-corrected chi connectivity index (χ3v) is 7.92. The maximum Gasteiger partial charge on any atom is 0.304 e. The van der Waals surface area contributed by atoms with Crippen LogP contribution in [0.25, 0.3) is 10.9 Å². The number of hydrogen-bond donors (Lipinski definition) is 1. The van der Waals surface area contributed by atoms with Gasteiger partial charge in [-0.2, -0.15) is 0 Å². The van der Waals surface area contributed by atoms with E-state index in [1.165, 1.54) is 12.8 Å². The van der Waals surface area contributed by atoms with Gasteiger partial charge in [0.15, 0.2) is 12.3 Å². The average Bonchev–Trinajstić information content (AvgIpc) is 3.30. The molecule has 1 amide bonds. The van der Waals surface area contributed by atoms with Gasteiger partial charge in [-0.3, -0.25) is 14.3 Å². The minimum atomic E-state index is -0.596. The standard InChI is InChI=1S/C30H37N5O4/c1-20(21-10-12-23(38-5)13-11-21)33-39-16-26(36)31-32-27-24-8-6-7-9-25(24)35(28(27)37)19-34-18-30(4)15-22(34)14-29(2,3)17-30/h6-13,22,37H,14-19H2,1-5H3/b32-31?,33-20+. The van der Waals surface area contributed by atoms with Crippen molar-refractivity contribution in [1.82, 2.24) is 9.47 Å². The zero-order chi connectivity index (χ0) is 27.8. The summed E-state index contributed by atoms with van der Waals surface area (Å²) in [5.74, 6) is 0.156. The number of hydrogen-bond acceptors (Lipinski definition) is 7. The van der Waals surface area contributed by atoms with Crippen LogP contribution in [-0.4, -0.2) is 52.5 Å². The number of fused-ring (bicyclic) bond motifs is 3. The summed E-state index contributed by atoms with van der Waals surface area (Å²) < 4.78 is 7.04. The van der Waals surface area contributed by atoms with Crippen LogP contribution in [0.3, 0.4) is 0 Å². The minimum Gasteiger partial charge on any atom is -0.497 e. The van der Waals surface area contributed by atoms with Gasteiger partial charge in [0.05, 0.1) is 25.0 Å². The predicted molar refractivity (Wildman–Crippen MR) is 151 cm³/mol. The Balaban J connectivity index is 1.29. The maximum absolute atomic E-state index is 12.4. The molecule has 5 rings (SSSR count). The number of methoxy groups -OCH3 is 1. The van der Waals surface area contributed by atoms with Crippen molar-refractivity contribution >= 4 is 28.2 Å². The third kappa shape index (κ3) is 5.68. The molecule has 1 aliphatic carbocycles. The molecule has 3 aromatic rings. The number of nitrogens with zero attached hydrogens (tertiary/aromatic N) is 5. The number of likely N-dealkylation sites (tertiary alicyclic amines) is 1. The molecular formula is C30H37N5O4. The second-order valence-electron chi connectivity index (χ2n) is 12.0. The lowest BCUT2D eigenvalue weighted by atomic mass is 9.65. The van der Waals surface area contributed by atoms with E-state index in [2.05, 4.69) is 41.1 Å². The van der Waals surface area contributed by atoms with Gasteiger partial charge in [-0.05, 0) is 72.9 Å². The van der Waals surface area contributed by atoms with Gasteiger partial charge in [-0.1, -0.05) is 44.1 Å². The fourth-order valence-electron chi connectivity index (χ4n) is 6.64. The van der Waals surface area contributed by atoms with Gasteiger partial charge in [-0.25, -0.2) is 0 Å². The first kappa shape index (κ1) is 26.9. The number of para-hydroxylation sites is 1. The quantitative estimate of drug-likeness (QED) is 0.210. The second kappa shape index (κ2) is 10.4. The topological polar surface area (TPSA) is 101 Å². The molecule has 1 saturated carbocycles. The molecule has 2 heterocycles. The maximum atomic E-state index is 12.4. The van der Waals surface area contributed by atoms with E-state index in [4.69, 9.17) is 9.57 Å². The van der Waals surface area contributed by atoms with E-state index in [0.717, 1.165) is 35.2 Å². The highest BCUT2D eigenvalue weighted by molar-refractivity contribution is 5.98. The van der Waals surface area contributed by atoms with Gasteiger partial charge >= 0.3 is 5.91 Å². The van der Waals surface area contributed by atoms with Gasteiger partial charge in [0.2, 0.25) is 5.88 Å². The Morgan fingerprint density at radius 3 is 2.59 bits per heavy atom. The summed E-state index contributed by atoms with van der Waals surface area (Å²) in [5, 5.41) is 23.9. The zero-order valence-corrected chi connectivity index (χ0v) is 23.3. The van der Waals surface area contributed by atoms with Crippen molar-refractivity contribution in [3.8, 4) is 11.6 Å². The lowest BCUT2D eigenvalue weighted by Gasteiger charge is -2.40. The highest BCUT2D eigenvalue weighted by Crippen LogP contribution is 2.53. The van der Waals surface area contributed by atoms with Crippen LogP contribution in [0.15, 0.2) is 63.9 Å². The number of aromatic nitrogens is 1. The van der Waals surface area contributed by atoms with Gasteiger partial charge in [-0.15, -0.1) is 10.2 Å². The summed E-state index contributed by atoms with van der Waals surface area (Å²) >= 11 is 0. The molecule has 206 valence electrons. The first-order chi connectivity index (χ1) is 18.6. The van der Waals surface area contributed by atoms with Crippen molar-refractivity contribution in [2.75, 3.05) is 20.3 Å². The number of rotatable bonds is 8. The minimum absolute atomic E-state index is 0.00731. The van der Waals surface area contributed by atoms with E-state index in [1.807, 2.05) is 53.1 Å². The molecule has 1 aromatic heterocycles. The summed E-state index contributed by atoms with van der Waals surface area (Å²) in [7, 11) is 1.61. The van der Waals surface area contributed by atoms with Crippen LogP contribution in [0, 0.1) is 10.8 Å². The molecule has 1 N–H and O–H groups in total. The number of carbonyl (C=O) groups excluding carboxylic acids is 1. The molecule has 0 radical (unpaired) electrons. The van der Waals surface area contributed by atoms with Crippen molar-refractivity contribution < 1.29 is 19.5 Å². The van der Waals surface area contributed by atoms with E-state index in [9.17, 15) is 9.90 Å². The van der Waals surface area contributed by atoms with Crippen LogP contribution < -0.4 is 4.74 Å². The first-order valence-electron chi connectivity index (χ1n) is 13.4. The molecule has 9 nitrogen and oxygen atoms in total. The van der Waals surface area contributed by atoms with Crippen LogP contribution in [0.2, 0.25) is 0 Å². The van der Waals surface area contributed by atoms with Gasteiger partial charge in [0.25, 0.3) is 0 Å². The highest BCUT2D eigenvalue weighted by Gasteiger charge is 2.49. The number of amides is 1. The Kier molecular flexibility index (Phi) is 7.20. The average molecular weight is 532 g/mol. The SMILES string of the molecule is COc1ccc(/C(C)=N/OCC(=O)N=Nc2c(O)n(CN3CC4(C)CC3CC(C)(C)C4)c3ccccc23)cc1. The monoisotopic (exact) mass is 531 g/mol. The summed E-state index contributed by atoms with van der Waals surface area (Å²) in [6.07, 6.45) is 3.53. The Bertz CT molecular complexity index is 1430. The second-order valence-corrected chi connectivity index (χ2v) is 12.0. The van der Waals surface area contributed by atoms with Crippen LogP contribution in [-0.2, 0) is 16.3 Å². The number of benzene rings is 2. The van der Waals surface area contributed by atoms with Crippen molar-refractivity contribution in [3.05, 3.63) is 54.1 Å². The van der Waals surface area contributed by atoms with E-state index in [-0.39, 0.29) is 23.6 Å². The summed E-state index contributed by atoms with van der Waals surface area (Å²) in [6, 6.07) is 15.5. The predicted octanol–water partition coefficient (Wildman–Crippen LogP) is 6.26. The molecule has 1 saturated heterocycles. The van der Waals surface area contributed by atoms with Crippen LogP contribution >= 0.6 is 0 Å². The van der Waals surface area contributed by atoms with Gasteiger partial charge < -0.3 is 14.7 Å². The molecule has 2 unspecified atom stereocenters. The lowest BCUT2D eigenvalue weighted by molar-refractivity contribution is -0.122. The first-order valence-corrected chi connectivity index (χ1v) is 13.4. The lowest BCUT2D eigenvalue weighted by Crippen LogP contribution is -2.35. The molecule has 1 aliphatic heterocycles. The molecule has 2 atom stereocenters. The Hall–Kier alpha value is -3.72. The molecule has 9 heteroatoms. The fraction of sp³-hybridized carbons (Fsp3) is 0.467. The van der Waals surface area contributed by atoms with E-state index < -0.39 is 5.91 Å². The normalized spacial score (nSPS) is 23.0. The van der Waals surface area contributed by atoms with E-state index >= 15 is 0 Å². The van der Waals surface area contributed by atoms with Crippen LogP contribution in [0.1, 0.15) is 52.5 Å². The Labute approximate surface area is 229 Å². The van der Waals surface area contributed by atoms with Crippen molar-refractivity contribution in [2.45, 2.75) is 59.7 Å². The van der Waals surface area contributed by atoms with Crippen molar-refractivity contribution in [1.29, 1.82) is 0 Å². The Morgan fingerprint density at radius 2 is 1.85 bits per heavy atom. The molecule has 2 aromatic carbocycles. The third-order valence-electron chi connectivity index (χ3n) is 7.92. The fourth-order valence-corrected chi connectivity index (χ4v) is 6.64. The van der Waals surface area contributed by atoms with Gasteiger partial charge in [0, 0.05) is 18.0 Å². The number of azo groups is 1. The molecule has 2 aliphatic rings. The van der Waals surface area contributed by atoms with Crippen LogP contribution in [0.5, 0.6) is 11.6 Å². The smallest absolute Gasteiger partial charge is 0.304 e. The van der Waals surface area contributed by atoms with Crippen molar-refractivity contribution in [3.63, 3.8) is 0 Å². The number of ether oxygens (including phenoxy) is 1. The largest absolute Gasteiger partial charge is 0.497 e. The number of aromatic hydroxyl groups is 1. The van der Waals surface area contributed by atoms with E-state index in [1.54, 1.807) is 14.0 Å². The molecule has 0 spiro atoms. The zero-order valence-electron chi connectivity index (χ0n) is 23.3. The molecule has 2 fully saturated rings. The number of carbonyl (C=O) groups is 1. The van der Waals surface area contributed by atoms with Crippen LogP contribution in [0.4, 0.5) is 5.69 Å². The van der Waals surface area contributed by atoms with Gasteiger partial charge in [0.1, 0.15) is 5.75 Å². The van der Waals surface area contributed by atoms with E-state index in [0.29, 0.717) is 23.8 Å². The summed E-state index contributed by atoms with van der Waals surface area (Å²) in [6.45, 7) is 10.1. The Morgan fingerprint density at radius 1 is 1.10 bits per heavy atom. The summed E-state index contributed by atoms with van der Waals surface area (Å²) in [5.41, 5.74) is 3.21. The molecular weight excluding hydrogens is 494 g/mol. The molecule has 39 heavy (non-hydrogen) atoms. The highest BCUT2D eigenvalue weighted by atomic mass is 16.6. The number of oxime groups is 1. The molecule has 2 bridgehead atoms. The summed E-state index contributed by atoms with van der Waals surface area (Å²) in [4.78, 5) is 20.1. The van der Waals surface area contributed by atoms with Crippen molar-refractivity contribution in [2.24, 2.45) is 26.2 Å².